The number of nitrogens with one attached hydrogen (secondary N) is 1. The summed E-state index contributed by atoms with van der Waals surface area (Å²) in [5.41, 5.74) is 0. The monoisotopic (exact) mass is 342 g/mol. The predicted molar refractivity (Wildman–Crippen MR) is 91.8 cm³/mol. The molecule has 1 aromatic carbocycles. The summed E-state index contributed by atoms with van der Waals surface area (Å²) in [5, 5.41) is 3.71. The Labute approximate surface area is 141 Å². The Bertz CT molecular complexity index is 470. The number of piperidine rings is 1. The number of likely N-dealkylation sites (tertiary alicyclic amines) is 1. The average molecular weight is 343 g/mol. The number of benzene rings is 1. The standard InChI is InChI=1S/C16H23ClN2O2S/c1-2-21-16(20)18-14-4-3-9-19(12-14)10-11-22-15-7-5-13(17)6-8-15/h5-8,14H,2-4,9-12H2,1H3,(H,18,20). The third kappa shape index (κ3) is 6.07. The highest BCUT2D eigenvalue weighted by Gasteiger charge is 2.21. The molecule has 0 saturated carbocycles. The third-order valence-electron chi connectivity index (χ3n) is 3.59. The van der Waals surface area contributed by atoms with Gasteiger partial charge in [-0.3, -0.25) is 0 Å². The van der Waals surface area contributed by atoms with E-state index in [1.54, 1.807) is 0 Å². The molecule has 0 aliphatic carbocycles. The summed E-state index contributed by atoms with van der Waals surface area (Å²) < 4.78 is 4.95. The van der Waals surface area contributed by atoms with Gasteiger partial charge in [-0.05, 0) is 50.6 Å². The molecule has 0 radical (unpaired) electrons. The van der Waals surface area contributed by atoms with Gasteiger partial charge in [-0.15, -0.1) is 11.8 Å². The maximum absolute atomic E-state index is 11.5. The molecular weight excluding hydrogens is 320 g/mol. The van der Waals surface area contributed by atoms with Crippen LogP contribution in [0.2, 0.25) is 5.02 Å². The van der Waals surface area contributed by atoms with Crippen LogP contribution in [0.25, 0.3) is 0 Å². The number of hydrogen-bond donors (Lipinski definition) is 1. The average Bonchev–Trinajstić information content (AvgIpc) is 2.50. The maximum Gasteiger partial charge on any atom is 0.407 e. The fourth-order valence-corrected chi connectivity index (χ4v) is 3.58. The molecule has 0 bridgehead atoms. The highest BCUT2D eigenvalue weighted by atomic mass is 35.5. The first-order chi connectivity index (χ1) is 10.7. The lowest BCUT2D eigenvalue weighted by Gasteiger charge is -2.32. The second kappa shape index (κ2) is 9.28. The number of halogens is 1. The van der Waals surface area contributed by atoms with E-state index in [1.165, 1.54) is 4.90 Å². The molecule has 1 amide bonds. The summed E-state index contributed by atoms with van der Waals surface area (Å²) in [7, 11) is 0. The Morgan fingerprint density at radius 1 is 1.45 bits per heavy atom. The first-order valence-electron chi connectivity index (χ1n) is 7.71. The number of carbonyl (C=O) groups excluding carboxylic acids is 1. The van der Waals surface area contributed by atoms with Crippen molar-refractivity contribution in [2.24, 2.45) is 0 Å². The minimum Gasteiger partial charge on any atom is -0.450 e. The molecular formula is C16H23ClN2O2S. The first-order valence-corrected chi connectivity index (χ1v) is 9.07. The predicted octanol–water partition coefficient (Wildman–Crippen LogP) is 3.64. The first kappa shape index (κ1) is 17.4. The van der Waals surface area contributed by atoms with E-state index >= 15 is 0 Å². The molecule has 22 heavy (non-hydrogen) atoms. The van der Waals surface area contributed by atoms with E-state index in [0.29, 0.717) is 6.61 Å². The number of hydrogen-bond acceptors (Lipinski definition) is 4. The van der Waals surface area contributed by atoms with Crippen LogP contribution in [0.1, 0.15) is 19.8 Å². The molecule has 0 aromatic heterocycles. The molecule has 4 nitrogen and oxygen atoms in total. The second-order valence-electron chi connectivity index (χ2n) is 5.31. The number of amides is 1. The van der Waals surface area contributed by atoms with Gasteiger partial charge in [0.25, 0.3) is 0 Å². The molecule has 1 unspecified atom stereocenters. The largest absolute Gasteiger partial charge is 0.450 e. The number of nitrogens with zero attached hydrogens (tertiary/aromatic N) is 1. The van der Waals surface area contributed by atoms with Gasteiger partial charge < -0.3 is 15.0 Å². The van der Waals surface area contributed by atoms with Crippen LogP contribution in [-0.4, -0.2) is 49.0 Å². The highest BCUT2D eigenvalue weighted by molar-refractivity contribution is 7.99. The quantitative estimate of drug-likeness (QED) is 0.801. The zero-order valence-electron chi connectivity index (χ0n) is 12.9. The Kier molecular flexibility index (Phi) is 7.36. The van der Waals surface area contributed by atoms with E-state index in [4.69, 9.17) is 16.3 Å². The lowest BCUT2D eigenvalue weighted by molar-refractivity contribution is 0.135. The molecule has 2 rings (SSSR count). The van der Waals surface area contributed by atoms with Gasteiger partial charge in [0.15, 0.2) is 0 Å². The minimum atomic E-state index is -0.301. The Balaban J connectivity index is 1.69. The van der Waals surface area contributed by atoms with E-state index in [9.17, 15) is 4.79 Å². The molecule has 1 heterocycles. The highest BCUT2D eigenvalue weighted by Crippen LogP contribution is 2.21. The lowest BCUT2D eigenvalue weighted by atomic mass is 10.1. The van der Waals surface area contributed by atoms with Crippen molar-refractivity contribution in [2.45, 2.75) is 30.7 Å². The van der Waals surface area contributed by atoms with Crippen LogP contribution in [0.3, 0.4) is 0 Å². The number of rotatable bonds is 6. The van der Waals surface area contributed by atoms with Gasteiger partial charge in [-0.2, -0.15) is 0 Å². The number of ether oxygens (including phenoxy) is 1. The molecule has 1 saturated heterocycles. The van der Waals surface area contributed by atoms with Crippen molar-refractivity contribution in [3.63, 3.8) is 0 Å². The van der Waals surface area contributed by atoms with Crippen LogP contribution in [0.5, 0.6) is 0 Å². The van der Waals surface area contributed by atoms with Gasteiger partial charge >= 0.3 is 6.09 Å². The van der Waals surface area contributed by atoms with Crippen molar-refractivity contribution in [1.29, 1.82) is 0 Å². The Hall–Kier alpha value is -0.910. The molecule has 1 aliphatic heterocycles. The summed E-state index contributed by atoms with van der Waals surface area (Å²) in [6, 6.07) is 8.14. The number of thioether (sulfide) groups is 1. The van der Waals surface area contributed by atoms with Crippen molar-refractivity contribution in [2.75, 3.05) is 32.0 Å². The van der Waals surface area contributed by atoms with Gasteiger partial charge in [0.1, 0.15) is 0 Å². The second-order valence-corrected chi connectivity index (χ2v) is 6.91. The van der Waals surface area contributed by atoms with Crippen LogP contribution in [-0.2, 0) is 4.74 Å². The van der Waals surface area contributed by atoms with Crippen LogP contribution >= 0.6 is 23.4 Å². The summed E-state index contributed by atoms with van der Waals surface area (Å²) in [6.45, 7) is 5.26. The minimum absolute atomic E-state index is 0.202. The smallest absolute Gasteiger partial charge is 0.407 e. The Morgan fingerprint density at radius 3 is 2.95 bits per heavy atom. The van der Waals surface area contributed by atoms with E-state index in [-0.39, 0.29) is 12.1 Å². The normalized spacial score (nSPS) is 18.9. The topological polar surface area (TPSA) is 41.6 Å². The molecule has 1 aromatic rings. The van der Waals surface area contributed by atoms with Gasteiger partial charge in [-0.1, -0.05) is 11.6 Å². The number of carbonyl (C=O) groups is 1. The molecule has 1 fully saturated rings. The Morgan fingerprint density at radius 2 is 2.23 bits per heavy atom. The van der Waals surface area contributed by atoms with Gasteiger partial charge in [-0.25, -0.2) is 4.79 Å². The van der Waals surface area contributed by atoms with Crippen LogP contribution in [0.4, 0.5) is 4.79 Å². The molecule has 1 atom stereocenters. The van der Waals surface area contributed by atoms with Crippen molar-refractivity contribution in [1.82, 2.24) is 10.2 Å². The van der Waals surface area contributed by atoms with E-state index in [1.807, 2.05) is 43.0 Å². The molecule has 6 heteroatoms. The van der Waals surface area contributed by atoms with Crippen molar-refractivity contribution >= 4 is 29.5 Å². The molecule has 1 N–H and O–H groups in total. The fourth-order valence-electron chi connectivity index (χ4n) is 2.54. The summed E-state index contributed by atoms with van der Waals surface area (Å²) in [4.78, 5) is 15.1. The van der Waals surface area contributed by atoms with E-state index in [2.05, 4.69) is 10.2 Å². The molecule has 1 aliphatic rings. The zero-order valence-corrected chi connectivity index (χ0v) is 14.5. The van der Waals surface area contributed by atoms with E-state index in [0.717, 1.165) is 43.3 Å². The summed E-state index contributed by atoms with van der Waals surface area (Å²) >= 11 is 7.72. The van der Waals surface area contributed by atoms with Crippen molar-refractivity contribution in [3.05, 3.63) is 29.3 Å². The van der Waals surface area contributed by atoms with Crippen LogP contribution in [0, 0.1) is 0 Å². The molecule has 0 spiro atoms. The van der Waals surface area contributed by atoms with Gasteiger partial charge in [0, 0.05) is 34.8 Å². The lowest BCUT2D eigenvalue weighted by Crippen LogP contribution is -2.48. The SMILES string of the molecule is CCOC(=O)NC1CCCN(CCSc2ccc(Cl)cc2)C1. The zero-order chi connectivity index (χ0) is 15.8. The van der Waals surface area contributed by atoms with Gasteiger partial charge in [0.05, 0.1) is 6.61 Å². The number of alkyl carbamates (subject to hydrolysis) is 1. The molecule has 122 valence electrons. The summed E-state index contributed by atoms with van der Waals surface area (Å²) in [5.74, 6) is 1.04. The maximum atomic E-state index is 11.5. The summed E-state index contributed by atoms with van der Waals surface area (Å²) in [6.07, 6.45) is 1.84. The van der Waals surface area contributed by atoms with Crippen LogP contribution in [0.15, 0.2) is 29.2 Å². The van der Waals surface area contributed by atoms with Crippen LogP contribution < -0.4 is 5.32 Å². The van der Waals surface area contributed by atoms with Crippen molar-refractivity contribution in [3.8, 4) is 0 Å². The van der Waals surface area contributed by atoms with E-state index < -0.39 is 0 Å². The van der Waals surface area contributed by atoms with Crippen molar-refractivity contribution < 1.29 is 9.53 Å². The van der Waals surface area contributed by atoms with Gasteiger partial charge in [0.2, 0.25) is 0 Å². The fraction of sp³-hybridized carbons (Fsp3) is 0.562. The third-order valence-corrected chi connectivity index (χ3v) is 4.84.